The van der Waals surface area contributed by atoms with Crippen molar-refractivity contribution in [2.24, 2.45) is 5.73 Å². The van der Waals surface area contributed by atoms with Crippen LogP contribution < -0.4 is 5.73 Å². The van der Waals surface area contributed by atoms with E-state index in [0.717, 1.165) is 11.1 Å². The molecular weight excluding hydrogens is 203 g/mol. The number of halogens is 3. The third kappa shape index (κ3) is 4.34. The fourth-order valence-corrected chi connectivity index (χ4v) is 1.39. The molecule has 2 N–H and O–H groups in total. The van der Waals surface area contributed by atoms with Crippen LogP contribution in [0.25, 0.3) is 0 Å². The monoisotopic (exact) mass is 217 g/mol. The van der Waals surface area contributed by atoms with Crippen molar-refractivity contribution in [3.8, 4) is 0 Å². The summed E-state index contributed by atoms with van der Waals surface area (Å²) in [6.07, 6.45) is -5.02. The van der Waals surface area contributed by atoms with Gasteiger partial charge in [-0.2, -0.15) is 13.2 Å². The summed E-state index contributed by atoms with van der Waals surface area (Å²) in [5.74, 6) is 0. The quantitative estimate of drug-likeness (QED) is 0.825. The van der Waals surface area contributed by atoms with Crippen LogP contribution in [0.15, 0.2) is 24.3 Å². The number of benzene rings is 1. The van der Waals surface area contributed by atoms with E-state index in [1.165, 1.54) is 0 Å². The Hall–Kier alpha value is -1.03. The first-order valence-electron chi connectivity index (χ1n) is 4.77. The third-order valence-electron chi connectivity index (χ3n) is 2.21. The molecule has 1 aromatic rings. The van der Waals surface area contributed by atoms with Gasteiger partial charge in [0.05, 0.1) is 0 Å². The van der Waals surface area contributed by atoms with E-state index >= 15 is 0 Å². The zero-order valence-corrected chi connectivity index (χ0v) is 8.51. The molecule has 0 aliphatic rings. The zero-order valence-electron chi connectivity index (χ0n) is 8.51. The fourth-order valence-electron chi connectivity index (χ4n) is 1.39. The Labute approximate surface area is 87.1 Å². The first kappa shape index (κ1) is 12.0. The maximum absolute atomic E-state index is 12.0. The Kier molecular flexibility index (Phi) is 3.74. The van der Waals surface area contributed by atoms with Crippen molar-refractivity contribution in [1.29, 1.82) is 0 Å². The van der Waals surface area contributed by atoms with E-state index in [1.807, 2.05) is 19.1 Å². The zero-order chi connectivity index (χ0) is 11.5. The van der Waals surface area contributed by atoms with Gasteiger partial charge in [0.25, 0.3) is 0 Å². The highest BCUT2D eigenvalue weighted by Gasteiger charge is 2.27. The average Bonchev–Trinajstić information content (AvgIpc) is 2.13. The van der Waals surface area contributed by atoms with Crippen LogP contribution in [0.4, 0.5) is 13.2 Å². The molecule has 0 aromatic heterocycles. The maximum atomic E-state index is 12.0. The predicted octanol–water partition coefficient (Wildman–Crippen LogP) is 3.34. The van der Waals surface area contributed by atoms with Gasteiger partial charge in [-0.25, -0.2) is 0 Å². The van der Waals surface area contributed by atoms with Crippen LogP contribution in [0.3, 0.4) is 0 Å². The lowest BCUT2D eigenvalue weighted by molar-refractivity contribution is -0.136. The molecule has 4 heteroatoms. The van der Waals surface area contributed by atoms with Crippen molar-refractivity contribution in [2.75, 3.05) is 0 Å². The van der Waals surface area contributed by atoms with E-state index in [2.05, 4.69) is 0 Å². The van der Waals surface area contributed by atoms with Gasteiger partial charge in [0, 0.05) is 12.5 Å². The standard InChI is InChI=1S/C11H14F3N/c1-8-3-2-4-9(7-8)10(15)5-6-11(12,13)14/h2-4,7,10H,5-6,15H2,1H3/t10-/m1/s1. The molecule has 1 rings (SSSR count). The molecule has 0 radical (unpaired) electrons. The number of hydrogen-bond donors (Lipinski definition) is 1. The highest BCUT2D eigenvalue weighted by molar-refractivity contribution is 5.24. The Morgan fingerprint density at radius 2 is 2.00 bits per heavy atom. The van der Waals surface area contributed by atoms with Gasteiger partial charge in [-0.3, -0.25) is 0 Å². The van der Waals surface area contributed by atoms with Crippen LogP contribution in [-0.4, -0.2) is 6.18 Å². The Balaban J connectivity index is 2.58. The second kappa shape index (κ2) is 4.66. The minimum Gasteiger partial charge on any atom is -0.324 e. The number of hydrogen-bond acceptors (Lipinski definition) is 1. The van der Waals surface area contributed by atoms with E-state index in [1.54, 1.807) is 12.1 Å². The van der Waals surface area contributed by atoms with E-state index < -0.39 is 18.6 Å². The van der Waals surface area contributed by atoms with Gasteiger partial charge in [0.15, 0.2) is 0 Å². The van der Waals surface area contributed by atoms with Crippen LogP contribution in [0, 0.1) is 6.92 Å². The highest BCUT2D eigenvalue weighted by atomic mass is 19.4. The first-order chi connectivity index (χ1) is 6.88. The lowest BCUT2D eigenvalue weighted by Crippen LogP contribution is -2.15. The molecule has 0 unspecified atom stereocenters. The van der Waals surface area contributed by atoms with Gasteiger partial charge >= 0.3 is 6.18 Å². The molecule has 0 heterocycles. The Bertz CT molecular complexity index is 320. The second-order valence-electron chi connectivity index (χ2n) is 3.67. The fraction of sp³-hybridized carbons (Fsp3) is 0.455. The van der Waals surface area contributed by atoms with Gasteiger partial charge in [-0.1, -0.05) is 29.8 Å². The number of rotatable bonds is 3. The summed E-state index contributed by atoms with van der Waals surface area (Å²) < 4.78 is 35.9. The van der Waals surface area contributed by atoms with Crippen LogP contribution in [0.1, 0.15) is 30.0 Å². The molecule has 0 aliphatic carbocycles. The van der Waals surface area contributed by atoms with Crippen LogP contribution in [0.5, 0.6) is 0 Å². The molecule has 15 heavy (non-hydrogen) atoms. The molecule has 0 aliphatic heterocycles. The van der Waals surface area contributed by atoms with Crippen LogP contribution >= 0.6 is 0 Å². The largest absolute Gasteiger partial charge is 0.389 e. The molecule has 0 bridgehead atoms. The van der Waals surface area contributed by atoms with E-state index in [9.17, 15) is 13.2 Å². The van der Waals surface area contributed by atoms with Crippen LogP contribution in [-0.2, 0) is 0 Å². The van der Waals surface area contributed by atoms with Gasteiger partial charge in [0.2, 0.25) is 0 Å². The lowest BCUT2D eigenvalue weighted by Gasteiger charge is -2.13. The number of aryl methyl sites for hydroxylation is 1. The maximum Gasteiger partial charge on any atom is 0.389 e. The summed E-state index contributed by atoms with van der Waals surface area (Å²) in [6.45, 7) is 1.89. The van der Waals surface area contributed by atoms with Crippen molar-refractivity contribution in [1.82, 2.24) is 0 Å². The number of nitrogens with two attached hydrogens (primary N) is 1. The van der Waals surface area contributed by atoms with Gasteiger partial charge in [-0.05, 0) is 18.9 Å². The molecule has 0 amide bonds. The van der Waals surface area contributed by atoms with Gasteiger partial charge < -0.3 is 5.73 Å². The molecular formula is C11H14F3N. The van der Waals surface area contributed by atoms with Crippen molar-refractivity contribution < 1.29 is 13.2 Å². The summed E-state index contributed by atoms with van der Waals surface area (Å²) in [7, 11) is 0. The summed E-state index contributed by atoms with van der Waals surface area (Å²) in [5, 5.41) is 0. The van der Waals surface area contributed by atoms with Gasteiger partial charge in [-0.15, -0.1) is 0 Å². The molecule has 1 atom stereocenters. The SMILES string of the molecule is Cc1cccc([C@H](N)CCC(F)(F)F)c1. The van der Waals surface area contributed by atoms with E-state index in [-0.39, 0.29) is 6.42 Å². The summed E-state index contributed by atoms with van der Waals surface area (Å²) in [5.41, 5.74) is 7.44. The summed E-state index contributed by atoms with van der Waals surface area (Å²) in [4.78, 5) is 0. The van der Waals surface area contributed by atoms with E-state index in [4.69, 9.17) is 5.73 Å². The Morgan fingerprint density at radius 3 is 2.53 bits per heavy atom. The normalized spacial score (nSPS) is 13.9. The first-order valence-corrected chi connectivity index (χ1v) is 4.77. The minimum atomic E-state index is -4.12. The topological polar surface area (TPSA) is 26.0 Å². The average molecular weight is 217 g/mol. The summed E-state index contributed by atoms with van der Waals surface area (Å²) in [6, 6.07) is 6.74. The molecule has 84 valence electrons. The molecule has 0 saturated heterocycles. The summed E-state index contributed by atoms with van der Waals surface area (Å²) >= 11 is 0. The van der Waals surface area contributed by atoms with Crippen molar-refractivity contribution >= 4 is 0 Å². The van der Waals surface area contributed by atoms with Crippen molar-refractivity contribution in [3.63, 3.8) is 0 Å². The van der Waals surface area contributed by atoms with Gasteiger partial charge in [0.1, 0.15) is 0 Å². The molecule has 1 nitrogen and oxygen atoms in total. The molecule has 0 spiro atoms. The predicted molar refractivity (Wildman–Crippen MR) is 53.4 cm³/mol. The minimum absolute atomic E-state index is 0.0625. The Morgan fingerprint density at radius 1 is 1.33 bits per heavy atom. The third-order valence-corrected chi connectivity index (χ3v) is 2.21. The number of alkyl halides is 3. The van der Waals surface area contributed by atoms with Crippen molar-refractivity contribution in [3.05, 3.63) is 35.4 Å². The molecule has 0 saturated carbocycles. The second-order valence-corrected chi connectivity index (χ2v) is 3.67. The lowest BCUT2D eigenvalue weighted by atomic mass is 10.0. The highest BCUT2D eigenvalue weighted by Crippen LogP contribution is 2.26. The molecule has 1 aromatic carbocycles. The van der Waals surface area contributed by atoms with Crippen molar-refractivity contribution in [2.45, 2.75) is 32.0 Å². The van der Waals surface area contributed by atoms with E-state index in [0.29, 0.717) is 0 Å². The smallest absolute Gasteiger partial charge is 0.324 e. The van der Waals surface area contributed by atoms with Crippen LogP contribution in [0.2, 0.25) is 0 Å². The molecule has 0 fully saturated rings.